The summed E-state index contributed by atoms with van der Waals surface area (Å²) >= 11 is 9.44. The zero-order valence-electron chi connectivity index (χ0n) is 10.7. The molecule has 0 aliphatic rings. The normalized spacial score (nSPS) is 12.4. The summed E-state index contributed by atoms with van der Waals surface area (Å²) in [7, 11) is 0. The molecule has 0 amide bonds. The molecule has 2 rings (SSSR count). The van der Waals surface area contributed by atoms with Gasteiger partial charge in [0.1, 0.15) is 0 Å². The van der Waals surface area contributed by atoms with Crippen molar-refractivity contribution in [3.63, 3.8) is 0 Å². The molecule has 2 nitrogen and oxygen atoms in total. The van der Waals surface area contributed by atoms with E-state index in [2.05, 4.69) is 39.2 Å². The Balaban J connectivity index is 2.18. The van der Waals surface area contributed by atoms with Crippen molar-refractivity contribution in [3.05, 3.63) is 63.3 Å². The molecule has 0 saturated carbocycles. The SMILES string of the molecule is CCNC(Cc1cccc(Cl)c1)c1ccc(Br)cn1. The average molecular weight is 340 g/mol. The molecule has 1 unspecified atom stereocenters. The van der Waals surface area contributed by atoms with E-state index in [1.165, 1.54) is 5.56 Å². The fourth-order valence-corrected chi connectivity index (χ4v) is 2.47. The zero-order valence-corrected chi connectivity index (χ0v) is 13.1. The molecule has 1 N–H and O–H groups in total. The molecular weight excluding hydrogens is 324 g/mol. The van der Waals surface area contributed by atoms with Crippen molar-refractivity contribution in [1.29, 1.82) is 0 Å². The molecule has 0 saturated heterocycles. The molecule has 1 atom stereocenters. The van der Waals surface area contributed by atoms with E-state index in [0.717, 1.165) is 28.2 Å². The molecule has 19 heavy (non-hydrogen) atoms. The molecule has 2 aromatic rings. The fraction of sp³-hybridized carbons (Fsp3) is 0.267. The summed E-state index contributed by atoms with van der Waals surface area (Å²) in [6, 6.07) is 12.2. The molecule has 4 heteroatoms. The van der Waals surface area contributed by atoms with E-state index in [1.54, 1.807) is 0 Å². The van der Waals surface area contributed by atoms with Crippen LogP contribution in [0.25, 0.3) is 0 Å². The zero-order chi connectivity index (χ0) is 13.7. The van der Waals surface area contributed by atoms with Crippen molar-refractivity contribution >= 4 is 27.5 Å². The standard InChI is InChI=1S/C15H16BrClN2/c1-2-18-15(14-7-6-12(16)10-19-14)9-11-4-3-5-13(17)8-11/h3-8,10,15,18H,2,9H2,1H3. The maximum Gasteiger partial charge on any atom is 0.0577 e. The van der Waals surface area contributed by atoms with Crippen molar-refractivity contribution in [2.24, 2.45) is 0 Å². The summed E-state index contributed by atoms with van der Waals surface area (Å²) in [6.45, 7) is 3.01. The molecule has 1 aromatic heterocycles. The number of halogens is 2. The minimum absolute atomic E-state index is 0.205. The van der Waals surface area contributed by atoms with Crippen LogP contribution in [0.1, 0.15) is 24.2 Å². The quantitative estimate of drug-likeness (QED) is 0.874. The minimum atomic E-state index is 0.205. The summed E-state index contributed by atoms with van der Waals surface area (Å²) in [5, 5.41) is 4.24. The number of likely N-dealkylation sites (N-methyl/N-ethyl adjacent to an activating group) is 1. The lowest BCUT2D eigenvalue weighted by atomic mass is 10.0. The summed E-state index contributed by atoms with van der Waals surface area (Å²) in [5.74, 6) is 0. The Morgan fingerprint density at radius 1 is 1.32 bits per heavy atom. The van der Waals surface area contributed by atoms with Crippen LogP contribution in [-0.4, -0.2) is 11.5 Å². The Labute approximate surface area is 127 Å². The Kier molecular flexibility index (Phi) is 5.37. The monoisotopic (exact) mass is 338 g/mol. The summed E-state index contributed by atoms with van der Waals surface area (Å²) in [4.78, 5) is 4.47. The van der Waals surface area contributed by atoms with Crippen LogP contribution in [0.3, 0.4) is 0 Å². The third kappa shape index (κ3) is 4.30. The van der Waals surface area contributed by atoms with Gasteiger partial charge in [0.15, 0.2) is 0 Å². The summed E-state index contributed by atoms with van der Waals surface area (Å²) in [6.07, 6.45) is 2.71. The van der Waals surface area contributed by atoms with Crippen LogP contribution in [0, 0.1) is 0 Å². The maximum atomic E-state index is 6.03. The van der Waals surface area contributed by atoms with E-state index < -0.39 is 0 Å². The number of nitrogens with zero attached hydrogens (tertiary/aromatic N) is 1. The van der Waals surface area contributed by atoms with E-state index in [0.29, 0.717) is 0 Å². The highest BCUT2D eigenvalue weighted by Crippen LogP contribution is 2.20. The van der Waals surface area contributed by atoms with Gasteiger partial charge in [0.2, 0.25) is 0 Å². The van der Waals surface area contributed by atoms with Gasteiger partial charge in [0, 0.05) is 15.7 Å². The first-order valence-electron chi connectivity index (χ1n) is 6.28. The molecule has 1 aromatic carbocycles. The molecule has 0 spiro atoms. The third-order valence-corrected chi connectivity index (χ3v) is 3.59. The van der Waals surface area contributed by atoms with Crippen molar-refractivity contribution in [2.75, 3.05) is 6.54 Å². The maximum absolute atomic E-state index is 6.03. The van der Waals surface area contributed by atoms with Crippen LogP contribution in [0.2, 0.25) is 5.02 Å². The third-order valence-electron chi connectivity index (χ3n) is 2.89. The Morgan fingerprint density at radius 2 is 2.16 bits per heavy atom. The number of hydrogen-bond donors (Lipinski definition) is 1. The molecule has 100 valence electrons. The van der Waals surface area contributed by atoms with Crippen molar-refractivity contribution < 1.29 is 0 Å². The molecule has 0 bridgehead atoms. The number of benzene rings is 1. The second-order valence-electron chi connectivity index (χ2n) is 4.35. The van der Waals surface area contributed by atoms with Crippen molar-refractivity contribution in [2.45, 2.75) is 19.4 Å². The van der Waals surface area contributed by atoms with Crippen molar-refractivity contribution in [3.8, 4) is 0 Å². The second-order valence-corrected chi connectivity index (χ2v) is 5.70. The first-order chi connectivity index (χ1) is 9.19. The van der Waals surface area contributed by atoms with Gasteiger partial charge in [-0.15, -0.1) is 0 Å². The number of rotatable bonds is 5. The lowest BCUT2D eigenvalue weighted by molar-refractivity contribution is 0.536. The number of nitrogens with one attached hydrogen (secondary N) is 1. The van der Waals surface area contributed by atoms with E-state index >= 15 is 0 Å². The van der Waals surface area contributed by atoms with Gasteiger partial charge in [-0.05, 0) is 58.7 Å². The van der Waals surface area contributed by atoms with Crippen LogP contribution in [0.15, 0.2) is 47.1 Å². The average Bonchev–Trinajstić information content (AvgIpc) is 2.39. The first kappa shape index (κ1) is 14.5. The number of hydrogen-bond acceptors (Lipinski definition) is 2. The first-order valence-corrected chi connectivity index (χ1v) is 7.45. The van der Waals surface area contributed by atoms with E-state index in [1.807, 2.05) is 36.5 Å². The van der Waals surface area contributed by atoms with Crippen LogP contribution < -0.4 is 5.32 Å². The Hall–Kier alpha value is -0.900. The van der Waals surface area contributed by atoms with Gasteiger partial charge in [-0.25, -0.2) is 0 Å². The molecule has 0 fully saturated rings. The topological polar surface area (TPSA) is 24.9 Å². The lowest BCUT2D eigenvalue weighted by Crippen LogP contribution is -2.23. The summed E-state index contributed by atoms with van der Waals surface area (Å²) in [5.41, 5.74) is 2.26. The van der Waals surface area contributed by atoms with Gasteiger partial charge in [-0.2, -0.15) is 0 Å². The number of pyridine rings is 1. The van der Waals surface area contributed by atoms with E-state index in [4.69, 9.17) is 11.6 Å². The Morgan fingerprint density at radius 3 is 2.79 bits per heavy atom. The predicted octanol–water partition coefficient (Wildman–Crippen LogP) is 4.39. The van der Waals surface area contributed by atoms with Crippen LogP contribution >= 0.6 is 27.5 Å². The van der Waals surface area contributed by atoms with Crippen LogP contribution in [0.4, 0.5) is 0 Å². The van der Waals surface area contributed by atoms with Crippen LogP contribution in [0.5, 0.6) is 0 Å². The van der Waals surface area contributed by atoms with E-state index in [9.17, 15) is 0 Å². The highest BCUT2D eigenvalue weighted by molar-refractivity contribution is 9.10. The van der Waals surface area contributed by atoms with Gasteiger partial charge >= 0.3 is 0 Å². The fourth-order valence-electron chi connectivity index (χ4n) is 2.02. The van der Waals surface area contributed by atoms with Gasteiger partial charge in [-0.3, -0.25) is 4.98 Å². The smallest absolute Gasteiger partial charge is 0.0577 e. The minimum Gasteiger partial charge on any atom is -0.309 e. The van der Waals surface area contributed by atoms with Gasteiger partial charge < -0.3 is 5.32 Å². The number of aromatic nitrogens is 1. The van der Waals surface area contributed by atoms with Gasteiger partial charge in [0.25, 0.3) is 0 Å². The van der Waals surface area contributed by atoms with E-state index in [-0.39, 0.29) is 6.04 Å². The lowest BCUT2D eigenvalue weighted by Gasteiger charge is -2.17. The highest BCUT2D eigenvalue weighted by atomic mass is 79.9. The highest BCUT2D eigenvalue weighted by Gasteiger charge is 2.12. The van der Waals surface area contributed by atoms with Gasteiger partial charge in [-0.1, -0.05) is 30.7 Å². The summed E-state index contributed by atoms with van der Waals surface area (Å²) < 4.78 is 0.995. The molecule has 0 aliphatic carbocycles. The Bertz CT molecular complexity index is 528. The molecular formula is C15H16BrClN2. The second kappa shape index (κ2) is 7.04. The molecule has 1 heterocycles. The predicted molar refractivity (Wildman–Crippen MR) is 83.5 cm³/mol. The van der Waals surface area contributed by atoms with Crippen molar-refractivity contribution in [1.82, 2.24) is 10.3 Å². The molecule has 0 radical (unpaired) electrons. The largest absolute Gasteiger partial charge is 0.309 e. The van der Waals surface area contributed by atoms with Gasteiger partial charge in [0.05, 0.1) is 11.7 Å². The molecule has 0 aliphatic heterocycles. The van der Waals surface area contributed by atoms with Crippen LogP contribution in [-0.2, 0) is 6.42 Å².